The maximum Gasteiger partial charge on any atom is 0.300 e. The predicted octanol–water partition coefficient (Wildman–Crippen LogP) is 4.72. The summed E-state index contributed by atoms with van der Waals surface area (Å²) in [4.78, 5) is 32.0. The zero-order valence-corrected chi connectivity index (χ0v) is 18.2. The van der Waals surface area contributed by atoms with Crippen molar-refractivity contribution in [2.75, 3.05) is 11.5 Å². The Bertz CT molecular complexity index is 1220. The minimum Gasteiger partial charge on any atom is -0.507 e. The number of nitrogens with zero attached hydrogens (tertiary/aromatic N) is 2. The summed E-state index contributed by atoms with van der Waals surface area (Å²) in [5, 5.41) is 11.2. The van der Waals surface area contributed by atoms with Crippen molar-refractivity contribution in [2.24, 2.45) is 0 Å². The van der Waals surface area contributed by atoms with Crippen LogP contribution in [-0.4, -0.2) is 28.4 Å². The second kappa shape index (κ2) is 8.67. The van der Waals surface area contributed by atoms with E-state index in [2.05, 4.69) is 4.98 Å². The molecule has 1 N–H and O–H groups in total. The normalized spacial score (nSPS) is 17.6. The molecule has 1 atom stereocenters. The van der Waals surface area contributed by atoms with Gasteiger partial charge >= 0.3 is 0 Å². The number of ether oxygens (including phenoxy) is 1. The molecule has 0 radical (unpaired) electrons. The van der Waals surface area contributed by atoms with Crippen molar-refractivity contribution in [3.63, 3.8) is 0 Å². The molecular weight excluding hydrogens is 404 g/mol. The number of Topliss-reactive ketones (excluding diaryl/α,β-unsaturated/α-hetero) is 1. The molecule has 1 aliphatic rings. The zero-order chi connectivity index (χ0) is 22.8. The summed E-state index contributed by atoms with van der Waals surface area (Å²) in [6, 6.07) is 15.2. The summed E-state index contributed by atoms with van der Waals surface area (Å²) in [5.41, 5.74) is 3.73. The first-order chi connectivity index (χ1) is 15.4. The lowest BCUT2D eigenvalue weighted by Gasteiger charge is -2.25. The molecule has 1 amide bonds. The number of aryl methyl sites for hydroxylation is 2. The van der Waals surface area contributed by atoms with E-state index in [4.69, 9.17) is 4.74 Å². The van der Waals surface area contributed by atoms with E-state index in [9.17, 15) is 14.7 Å². The molecule has 1 aliphatic heterocycles. The van der Waals surface area contributed by atoms with Gasteiger partial charge in [-0.1, -0.05) is 24.3 Å². The quantitative estimate of drug-likeness (QED) is 0.361. The first-order valence-corrected chi connectivity index (χ1v) is 10.4. The Morgan fingerprint density at radius 3 is 2.56 bits per heavy atom. The first-order valence-electron chi connectivity index (χ1n) is 10.4. The van der Waals surface area contributed by atoms with Crippen LogP contribution < -0.4 is 9.64 Å². The van der Waals surface area contributed by atoms with Crippen LogP contribution in [0.4, 0.5) is 5.69 Å². The summed E-state index contributed by atoms with van der Waals surface area (Å²) in [6.07, 6.45) is 3.23. The monoisotopic (exact) mass is 428 g/mol. The third-order valence-corrected chi connectivity index (χ3v) is 5.63. The number of amides is 1. The molecule has 1 saturated heterocycles. The molecule has 2 aromatic carbocycles. The summed E-state index contributed by atoms with van der Waals surface area (Å²) in [7, 11) is 0. The number of ketones is 1. The lowest BCUT2D eigenvalue weighted by atomic mass is 9.96. The number of hydrogen-bond acceptors (Lipinski definition) is 5. The van der Waals surface area contributed by atoms with Gasteiger partial charge in [0.1, 0.15) is 11.5 Å². The SMILES string of the molecule is CCOc1cccc(/C(O)=C2\C(=O)C(=O)N(c3ccc(C)c(C)c3)C2c2cccnc2)c1. The maximum absolute atomic E-state index is 13.2. The molecular formula is C26H24N2O4. The molecule has 0 bridgehead atoms. The number of carbonyl (C=O) groups is 2. The Morgan fingerprint density at radius 2 is 1.88 bits per heavy atom. The van der Waals surface area contributed by atoms with Crippen LogP contribution in [0.5, 0.6) is 5.75 Å². The van der Waals surface area contributed by atoms with E-state index in [-0.39, 0.29) is 11.3 Å². The van der Waals surface area contributed by atoms with Gasteiger partial charge in [-0.2, -0.15) is 0 Å². The number of aliphatic hydroxyl groups is 1. The van der Waals surface area contributed by atoms with E-state index < -0.39 is 17.7 Å². The minimum absolute atomic E-state index is 0.0230. The van der Waals surface area contributed by atoms with Crippen LogP contribution >= 0.6 is 0 Å². The van der Waals surface area contributed by atoms with Crippen LogP contribution in [0.2, 0.25) is 0 Å². The number of aliphatic hydroxyl groups excluding tert-OH is 1. The van der Waals surface area contributed by atoms with Gasteiger partial charge in [-0.25, -0.2) is 0 Å². The van der Waals surface area contributed by atoms with Crippen LogP contribution in [0, 0.1) is 13.8 Å². The third kappa shape index (κ3) is 3.75. The van der Waals surface area contributed by atoms with Gasteiger partial charge in [-0.05, 0) is 67.8 Å². The Kier molecular flexibility index (Phi) is 5.77. The van der Waals surface area contributed by atoms with Crippen LogP contribution in [0.3, 0.4) is 0 Å². The Labute approximate surface area is 186 Å². The molecule has 0 spiro atoms. The predicted molar refractivity (Wildman–Crippen MR) is 123 cm³/mol. The van der Waals surface area contributed by atoms with E-state index in [0.717, 1.165) is 11.1 Å². The van der Waals surface area contributed by atoms with Gasteiger partial charge in [0.15, 0.2) is 0 Å². The average Bonchev–Trinajstić information content (AvgIpc) is 3.07. The van der Waals surface area contributed by atoms with E-state index in [0.29, 0.717) is 29.2 Å². The molecule has 0 saturated carbocycles. The second-order valence-corrected chi connectivity index (χ2v) is 7.68. The summed E-state index contributed by atoms with van der Waals surface area (Å²) >= 11 is 0. The standard InChI is InChI=1S/C26H24N2O4/c1-4-32-21-9-5-7-18(14-21)24(29)22-23(19-8-6-12-27-15-19)28(26(31)25(22)30)20-11-10-16(2)17(3)13-20/h5-15,23,29H,4H2,1-3H3/b24-22+. The van der Waals surface area contributed by atoms with Gasteiger partial charge in [0, 0.05) is 23.6 Å². The highest BCUT2D eigenvalue weighted by atomic mass is 16.5. The van der Waals surface area contributed by atoms with Crippen molar-refractivity contribution in [2.45, 2.75) is 26.8 Å². The lowest BCUT2D eigenvalue weighted by molar-refractivity contribution is -0.132. The highest BCUT2D eigenvalue weighted by molar-refractivity contribution is 6.51. The van der Waals surface area contributed by atoms with Crippen molar-refractivity contribution >= 4 is 23.1 Å². The molecule has 32 heavy (non-hydrogen) atoms. The molecule has 162 valence electrons. The fourth-order valence-corrected chi connectivity index (χ4v) is 3.88. The summed E-state index contributed by atoms with van der Waals surface area (Å²) in [6.45, 7) is 6.27. The van der Waals surface area contributed by atoms with E-state index in [1.165, 1.54) is 4.90 Å². The highest BCUT2D eigenvalue weighted by Gasteiger charge is 2.47. The molecule has 1 unspecified atom stereocenters. The number of pyridine rings is 1. The number of hydrogen-bond donors (Lipinski definition) is 1. The first kappa shape index (κ1) is 21.3. The third-order valence-electron chi connectivity index (χ3n) is 5.63. The average molecular weight is 428 g/mol. The van der Waals surface area contributed by atoms with Crippen molar-refractivity contribution < 1.29 is 19.4 Å². The molecule has 4 rings (SSSR count). The van der Waals surface area contributed by atoms with Gasteiger partial charge in [0.05, 0.1) is 18.2 Å². The van der Waals surface area contributed by atoms with Gasteiger partial charge in [0.2, 0.25) is 0 Å². The smallest absolute Gasteiger partial charge is 0.300 e. The molecule has 6 heteroatoms. The van der Waals surface area contributed by atoms with Crippen molar-refractivity contribution in [3.05, 3.63) is 94.8 Å². The van der Waals surface area contributed by atoms with Crippen LogP contribution in [-0.2, 0) is 9.59 Å². The van der Waals surface area contributed by atoms with Crippen LogP contribution in [0.25, 0.3) is 5.76 Å². The molecule has 0 aliphatic carbocycles. The van der Waals surface area contributed by atoms with Gasteiger partial charge < -0.3 is 9.84 Å². The number of aromatic nitrogens is 1. The molecule has 1 aromatic heterocycles. The Balaban J connectivity index is 1.92. The second-order valence-electron chi connectivity index (χ2n) is 7.68. The zero-order valence-electron chi connectivity index (χ0n) is 18.2. The lowest BCUT2D eigenvalue weighted by Crippen LogP contribution is -2.29. The fourth-order valence-electron chi connectivity index (χ4n) is 3.88. The molecule has 1 fully saturated rings. The summed E-state index contributed by atoms with van der Waals surface area (Å²) in [5.74, 6) is -1.11. The molecule has 3 aromatic rings. The van der Waals surface area contributed by atoms with E-state index in [1.54, 1.807) is 48.8 Å². The van der Waals surface area contributed by atoms with Crippen molar-refractivity contribution in [1.82, 2.24) is 4.98 Å². The Hall–Kier alpha value is -3.93. The number of rotatable bonds is 5. The number of anilines is 1. The topological polar surface area (TPSA) is 79.7 Å². The van der Waals surface area contributed by atoms with Gasteiger partial charge in [0.25, 0.3) is 11.7 Å². The molecule has 2 heterocycles. The van der Waals surface area contributed by atoms with Crippen molar-refractivity contribution in [1.29, 1.82) is 0 Å². The maximum atomic E-state index is 13.2. The molecule has 6 nitrogen and oxygen atoms in total. The number of benzene rings is 2. The van der Waals surface area contributed by atoms with Gasteiger partial charge in [-0.3, -0.25) is 19.5 Å². The number of carbonyl (C=O) groups excluding carboxylic acids is 2. The van der Waals surface area contributed by atoms with Crippen molar-refractivity contribution in [3.8, 4) is 5.75 Å². The van der Waals surface area contributed by atoms with E-state index in [1.807, 2.05) is 39.0 Å². The Morgan fingerprint density at radius 1 is 1.06 bits per heavy atom. The minimum atomic E-state index is -0.804. The van der Waals surface area contributed by atoms with Crippen LogP contribution in [0.15, 0.2) is 72.6 Å². The largest absolute Gasteiger partial charge is 0.507 e. The fraction of sp³-hybridized carbons (Fsp3) is 0.192. The highest BCUT2D eigenvalue weighted by Crippen LogP contribution is 2.42. The van der Waals surface area contributed by atoms with Crippen LogP contribution in [0.1, 0.15) is 35.2 Å². The van der Waals surface area contributed by atoms with E-state index >= 15 is 0 Å². The van der Waals surface area contributed by atoms with Gasteiger partial charge in [-0.15, -0.1) is 0 Å². The summed E-state index contributed by atoms with van der Waals surface area (Å²) < 4.78 is 5.53.